The molecule has 1 aromatic rings. The number of rotatable bonds is 4. The van der Waals surface area contributed by atoms with Crippen LogP contribution in [0.5, 0.6) is 0 Å². The van der Waals surface area contributed by atoms with Crippen LogP contribution in [0.25, 0.3) is 0 Å². The van der Waals surface area contributed by atoms with Crippen LogP contribution in [0.4, 0.5) is 10.1 Å². The summed E-state index contributed by atoms with van der Waals surface area (Å²) < 4.78 is 40.9. The van der Waals surface area contributed by atoms with Gasteiger partial charge < -0.3 is 5.73 Å². The number of anilines is 1. The van der Waals surface area contributed by atoms with E-state index >= 15 is 0 Å². The molecule has 0 heterocycles. The van der Waals surface area contributed by atoms with Gasteiger partial charge >= 0.3 is 0 Å². The highest BCUT2D eigenvalue weighted by Gasteiger charge is 2.23. The highest BCUT2D eigenvalue weighted by molar-refractivity contribution is 7.89. The zero-order chi connectivity index (χ0) is 15.6. The Balaban J connectivity index is 2.09. The molecule has 1 aliphatic rings. The zero-order valence-corrected chi connectivity index (χ0v) is 13.3. The number of benzene rings is 1. The van der Waals surface area contributed by atoms with Crippen molar-refractivity contribution in [2.45, 2.75) is 44.4 Å². The van der Waals surface area contributed by atoms with Gasteiger partial charge in [-0.15, -0.1) is 0 Å². The van der Waals surface area contributed by atoms with E-state index in [1.807, 2.05) is 0 Å². The number of nitrogens with two attached hydrogens (primary N) is 1. The second-order valence-corrected chi connectivity index (χ2v) is 7.84. The van der Waals surface area contributed by atoms with Gasteiger partial charge in [-0.2, -0.15) is 0 Å². The van der Waals surface area contributed by atoms with Crippen molar-refractivity contribution in [2.24, 2.45) is 11.8 Å². The Kier molecular flexibility index (Phi) is 4.88. The summed E-state index contributed by atoms with van der Waals surface area (Å²) in [6.45, 7) is 4.08. The molecule has 0 radical (unpaired) electrons. The van der Waals surface area contributed by atoms with Crippen LogP contribution in [-0.4, -0.2) is 15.0 Å². The van der Waals surface area contributed by atoms with Crippen LogP contribution in [0, 0.1) is 24.6 Å². The normalized spacial score (nSPS) is 23.2. The van der Waals surface area contributed by atoms with Gasteiger partial charge in [0.05, 0.1) is 4.90 Å². The van der Waals surface area contributed by atoms with Gasteiger partial charge in [0, 0.05) is 17.8 Å². The van der Waals surface area contributed by atoms with Crippen LogP contribution < -0.4 is 10.5 Å². The maximum absolute atomic E-state index is 13.6. The molecule has 0 aromatic heterocycles. The summed E-state index contributed by atoms with van der Waals surface area (Å²) in [4.78, 5) is -0.0656. The van der Waals surface area contributed by atoms with E-state index < -0.39 is 15.8 Å². The van der Waals surface area contributed by atoms with Crippen molar-refractivity contribution in [3.05, 3.63) is 23.5 Å². The van der Waals surface area contributed by atoms with E-state index in [-0.39, 0.29) is 16.1 Å². The first-order chi connectivity index (χ1) is 9.79. The quantitative estimate of drug-likeness (QED) is 0.839. The summed E-state index contributed by atoms with van der Waals surface area (Å²) in [6.07, 6.45) is 4.35. The third-order valence-corrected chi connectivity index (χ3v) is 5.86. The molecule has 0 unspecified atom stereocenters. The van der Waals surface area contributed by atoms with Crippen LogP contribution in [-0.2, 0) is 10.0 Å². The molecular weight excluding hydrogens is 291 g/mol. The van der Waals surface area contributed by atoms with Gasteiger partial charge in [0.15, 0.2) is 0 Å². The number of hydrogen-bond acceptors (Lipinski definition) is 3. The van der Waals surface area contributed by atoms with Gasteiger partial charge in [-0.25, -0.2) is 17.5 Å². The maximum Gasteiger partial charge on any atom is 0.241 e. The SMILES string of the molecule is Cc1c(F)cc(N)cc1S(=O)(=O)NCC1CCC(C)CC1. The summed E-state index contributed by atoms with van der Waals surface area (Å²) >= 11 is 0. The maximum atomic E-state index is 13.6. The molecule has 0 aliphatic heterocycles. The topological polar surface area (TPSA) is 72.2 Å². The average Bonchev–Trinajstić information content (AvgIpc) is 2.42. The van der Waals surface area contributed by atoms with E-state index in [4.69, 9.17) is 5.73 Å². The molecule has 4 nitrogen and oxygen atoms in total. The number of nitrogen functional groups attached to an aromatic ring is 1. The summed E-state index contributed by atoms with van der Waals surface area (Å²) in [7, 11) is -3.72. The third-order valence-electron chi connectivity index (χ3n) is 4.31. The largest absolute Gasteiger partial charge is 0.399 e. The average molecular weight is 314 g/mol. The second kappa shape index (κ2) is 6.32. The minimum Gasteiger partial charge on any atom is -0.399 e. The van der Waals surface area contributed by atoms with Crippen molar-refractivity contribution in [3.63, 3.8) is 0 Å². The van der Waals surface area contributed by atoms with Crippen LogP contribution in [0.15, 0.2) is 17.0 Å². The fraction of sp³-hybridized carbons (Fsp3) is 0.600. The third kappa shape index (κ3) is 3.95. The van der Waals surface area contributed by atoms with Gasteiger partial charge in [-0.1, -0.05) is 19.8 Å². The number of nitrogens with one attached hydrogen (secondary N) is 1. The molecule has 1 saturated carbocycles. The number of sulfonamides is 1. The molecule has 0 spiro atoms. The predicted molar refractivity (Wildman–Crippen MR) is 81.9 cm³/mol. The molecule has 1 aliphatic carbocycles. The van der Waals surface area contributed by atoms with Crippen molar-refractivity contribution >= 4 is 15.7 Å². The van der Waals surface area contributed by atoms with Crippen molar-refractivity contribution in [2.75, 3.05) is 12.3 Å². The molecular formula is C15H23FN2O2S. The Morgan fingerprint density at radius 1 is 1.29 bits per heavy atom. The van der Waals surface area contributed by atoms with Crippen molar-refractivity contribution in [1.29, 1.82) is 0 Å². The van der Waals surface area contributed by atoms with E-state index in [0.29, 0.717) is 12.5 Å². The standard InChI is InChI=1S/C15H23FN2O2S/c1-10-3-5-12(6-4-10)9-18-21(19,20)15-8-13(17)7-14(16)11(15)2/h7-8,10,12,18H,3-6,9,17H2,1-2H3. The lowest BCUT2D eigenvalue weighted by Crippen LogP contribution is -2.31. The second-order valence-electron chi connectivity index (χ2n) is 6.10. The molecule has 0 bridgehead atoms. The van der Waals surface area contributed by atoms with Crippen LogP contribution in [0.2, 0.25) is 0 Å². The van der Waals surface area contributed by atoms with E-state index in [1.54, 1.807) is 0 Å². The molecule has 2 rings (SSSR count). The molecule has 0 atom stereocenters. The van der Waals surface area contributed by atoms with E-state index in [1.165, 1.54) is 13.0 Å². The molecule has 1 fully saturated rings. The Labute approximate surface area is 126 Å². The highest BCUT2D eigenvalue weighted by atomic mass is 32.2. The van der Waals surface area contributed by atoms with Gasteiger partial charge in [0.1, 0.15) is 5.82 Å². The van der Waals surface area contributed by atoms with Crippen molar-refractivity contribution < 1.29 is 12.8 Å². The lowest BCUT2D eigenvalue weighted by Gasteiger charge is -2.26. The van der Waals surface area contributed by atoms with Gasteiger partial charge in [0.2, 0.25) is 10.0 Å². The Morgan fingerprint density at radius 2 is 1.90 bits per heavy atom. The first-order valence-corrected chi connectivity index (χ1v) is 8.83. The smallest absolute Gasteiger partial charge is 0.241 e. The van der Waals surface area contributed by atoms with Crippen molar-refractivity contribution in [3.8, 4) is 0 Å². The Hall–Kier alpha value is -1.14. The minimum atomic E-state index is -3.72. The Morgan fingerprint density at radius 3 is 2.52 bits per heavy atom. The molecule has 3 N–H and O–H groups in total. The van der Waals surface area contributed by atoms with Gasteiger partial charge in [-0.3, -0.25) is 0 Å². The van der Waals surface area contributed by atoms with Crippen LogP contribution in [0.3, 0.4) is 0 Å². The van der Waals surface area contributed by atoms with Crippen molar-refractivity contribution in [1.82, 2.24) is 4.72 Å². The fourth-order valence-corrected chi connectivity index (χ4v) is 4.19. The molecule has 118 valence electrons. The number of hydrogen-bond donors (Lipinski definition) is 2. The summed E-state index contributed by atoms with van der Waals surface area (Å²) in [6, 6.07) is 2.45. The lowest BCUT2D eigenvalue weighted by atomic mass is 9.83. The molecule has 6 heteroatoms. The summed E-state index contributed by atoms with van der Waals surface area (Å²) in [5.74, 6) is 0.493. The molecule has 1 aromatic carbocycles. The molecule has 0 amide bonds. The van der Waals surface area contributed by atoms with Gasteiger partial charge in [-0.05, 0) is 43.7 Å². The first kappa shape index (κ1) is 16.2. The van der Waals surface area contributed by atoms with Gasteiger partial charge in [0.25, 0.3) is 0 Å². The van der Waals surface area contributed by atoms with Crippen LogP contribution >= 0.6 is 0 Å². The highest BCUT2D eigenvalue weighted by Crippen LogP contribution is 2.28. The minimum absolute atomic E-state index is 0.0656. The predicted octanol–water partition coefficient (Wildman–Crippen LogP) is 2.82. The monoisotopic (exact) mass is 314 g/mol. The van der Waals surface area contributed by atoms with E-state index in [2.05, 4.69) is 11.6 Å². The van der Waals surface area contributed by atoms with E-state index in [9.17, 15) is 12.8 Å². The zero-order valence-electron chi connectivity index (χ0n) is 12.5. The Bertz CT molecular complexity index is 608. The fourth-order valence-electron chi connectivity index (χ4n) is 2.79. The lowest BCUT2D eigenvalue weighted by molar-refractivity contribution is 0.290. The van der Waals surface area contributed by atoms with Crippen LogP contribution in [0.1, 0.15) is 38.2 Å². The molecule has 0 saturated heterocycles. The first-order valence-electron chi connectivity index (χ1n) is 7.35. The summed E-state index contributed by atoms with van der Waals surface area (Å²) in [5, 5.41) is 0. The van der Waals surface area contributed by atoms with E-state index in [0.717, 1.165) is 37.7 Å². The number of halogens is 1. The summed E-state index contributed by atoms with van der Waals surface area (Å²) in [5.41, 5.74) is 5.77. The molecule has 21 heavy (non-hydrogen) atoms.